The molecule has 0 saturated carbocycles. The summed E-state index contributed by atoms with van der Waals surface area (Å²) >= 11 is 0. The van der Waals surface area contributed by atoms with E-state index in [1.165, 1.54) is 25.0 Å². The molecule has 1 aliphatic heterocycles. The number of amides is 1. The number of benzene rings is 2. The zero-order valence-electron chi connectivity index (χ0n) is 14.1. The van der Waals surface area contributed by atoms with Gasteiger partial charge in [0.2, 0.25) is 0 Å². The summed E-state index contributed by atoms with van der Waals surface area (Å²) in [7, 11) is 0. The Hall–Kier alpha value is -2.89. The van der Waals surface area contributed by atoms with E-state index in [9.17, 15) is 14.9 Å². The molecule has 0 radical (unpaired) electrons. The van der Waals surface area contributed by atoms with Crippen molar-refractivity contribution in [1.82, 2.24) is 5.32 Å². The van der Waals surface area contributed by atoms with Crippen molar-refractivity contribution in [2.24, 2.45) is 0 Å². The molecule has 1 saturated heterocycles. The van der Waals surface area contributed by atoms with Crippen LogP contribution in [0.1, 0.15) is 41.7 Å². The van der Waals surface area contributed by atoms with Crippen molar-refractivity contribution in [3.8, 4) is 0 Å². The zero-order valence-corrected chi connectivity index (χ0v) is 14.1. The molecule has 1 amide bonds. The van der Waals surface area contributed by atoms with Gasteiger partial charge in [-0.15, -0.1) is 0 Å². The third kappa shape index (κ3) is 3.79. The Kier molecular flexibility index (Phi) is 4.97. The van der Waals surface area contributed by atoms with Gasteiger partial charge in [0.25, 0.3) is 11.6 Å². The van der Waals surface area contributed by atoms with Crippen molar-refractivity contribution in [2.45, 2.75) is 25.8 Å². The van der Waals surface area contributed by atoms with E-state index in [4.69, 9.17) is 0 Å². The average Bonchev–Trinajstić information content (AvgIpc) is 3.16. The standard InChI is InChI=1S/C19H21N3O3/c1-14(15-7-6-8-16(13-15)21-11-4-5-12-21)20-19(23)17-9-2-3-10-18(17)22(24)25/h2-3,6-10,13-14H,4-5,11-12H2,1H3,(H,20,23). The summed E-state index contributed by atoms with van der Waals surface area (Å²) in [6.45, 7) is 4.00. The first-order valence-electron chi connectivity index (χ1n) is 8.45. The van der Waals surface area contributed by atoms with Crippen molar-refractivity contribution in [3.05, 3.63) is 69.8 Å². The summed E-state index contributed by atoms with van der Waals surface area (Å²) in [4.78, 5) is 25.4. The van der Waals surface area contributed by atoms with Crippen LogP contribution in [0.25, 0.3) is 0 Å². The van der Waals surface area contributed by atoms with Gasteiger partial charge in [0, 0.05) is 24.8 Å². The summed E-state index contributed by atoms with van der Waals surface area (Å²) in [6.07, 6.45) is 2.41. The number of nitrogens with one attached hydrogen (secondary N) is 1. The molecule has 1 fully saturated rings. The third-order valence-electron chi connectivity index (χ3n) is 4.53. The monoisotopic (exact) mass is 339 g/mol. The molecular weight excluding hydrogens is 318 g/mol. The van der Waals surface area contributed by atoms with Crippen molar-refractivity contribution < 1.29 is 9.72 Å². The van der Waals surface area contributed by atoms with Crippen LogP contribution in [-0.4, -0.2) is 23.9 Å². The fourth-order valence-corrected chi connectivity index (χ4v) is 3.15. The molecule has 2 aromatic rings. The number of carbonyl (C=O) groups is 1. The smallest absolute Gasteiger partial charge is 0.282 e. The maximum atomic E-state index is 12.5. The minimum atomic E-state index is -0.534. The molecule has 0 bridgehead atoms. The predicted molar refractivity (Wildman–Crippen MR) is 96.9 cm³/mol. The minimum absolute atomic E-state index is 0.0787. The molecule has 1 N–H and O–H groups in total. The topological polar surface area (TPSA) is 75.5 Å². The van der Waals surface area contributed by atoms with Crippen LogP contribution >= 0.6 is 0 Å². The van der Waals surface area contributed by atoms with Crippen LogP contribution in [-0.2, 0) is 0 Å². The molecule has 1 unspecified atom stereocenters. The highest BCUT2D eigenvalue weighted by molar-refractivity contribution is 5.98. The second kappa shape index (κ2) is 7.34. The van der Waals surface area contributed by atoms with Crippen LogP contribution in [0.5, 0.6) is 0 Å². The van der Waals surface area contributed by atoms with E-state index in [1.807, 2.05) is 19.1 Å². The lowest BCUT2D eigenvalue weighted by atomic mass is 10.1. The quantitative estimate of drug-likeness (QED) is 0.666. The van der Waals surface area contributed by atoms with Gasteiger partial charge < -0.3 is 10.2 Å². The lowest BCUT2D eigenvalue weighted by Crippen LogP contribution is -2.27. The minimum Gasteiger partial charge on any atom is -0.372 e. The first kappa shape index (κ1) is 17.0. The molecule has 0 spiro atoms. The van der Waals surface area contributed by atoms with Crippen LogP contribution in [0.2, 0.25) is 0 Å². The first-order valence-corrected chi connectivity index (χ1v) is 8.45. The van der Waals surface area contributed by atoms with Crippen LogP contribution in [0, 0.1) is 10.1 Å². The summed E-state index contributed by atoms with van der Waals surface area (Å²) < 4.78 is 0. The van der Waals surface area contributed by atoms with Gasteiger partial charge in [0.05, 0.1) is 11.0 Å². The highest BCUT2D eigenvalue weighted by Crippen LogP contribution is 2.25. The van der Waals surface area contributed by atoms with E-state index in [0.717, 1.165) is 24.3 Å². The fraction of sp³-hybridized carbons (Fsp3) is 0.316. The number of nitro groups is 1. The second-order valence-corrected chi connectivity index (χ2v) is 6.26. The van der Waals surface area contributed by atoms with Crippen molar-refractivity contribution in [2.75, 3.05) is 18.0 Å². The van der Waals surface area contributed by atoms with Gasteiger partial charge in [-0.1, -0.05) is 24.3 Å². The Morgan fingerprint density at radius 1 is 1.16 bits per heavy atom. The molecule has 1 aliphatic rings. The number of hydrogen-bond acceptors (Lipinski definition) is 4. The Labute approximate surface area is 146 Å². The first-order chi connectivity index (χ1) is 12.1. The zero-order chi connectivity index (χ0) is 17.8. The van der Waals surface area contributed by atoms with Crippen molar-refractivity contribution in [1.29, 1.82) is 0 Å². The van der Waals surface area contributed by atoms with Gasteiger partial charge in [0.1, 0.15) is 5.56 Å². The molecule has 130 valence electrons. The molecule has 1 atom stereocenters. The lowest BCUT2D eigenvalue weighted by molar-refractivity contribution is -0.385. The second-order valence-electron chi connectivity index (χ2n) is 6.26. The number of nitro benzene ring substituents is 1. The van der Waals surface area contributed by atoms with Gasteiger partial charge in [-0.25, -0.2) is 0 Å². The average molecular weight is 339 g/mol. The molecule has 25 heavy (non-hydrogen) atoms. The number of rotatable bonds is 5. The molecule has 6 heteroatoms. The number of para-hydroxylation sites is 1. The molecule has 1 heterocycles. The molecule has 0 aromatic heterocycles. The van der Waals surface area contributed by atoms with Crippen LogP contribution in [0.15, 0.2) is 48.5 Å². The van der Waals surface area contributed by atoms with Crippen molar-refractivity contribution in [3.63, 3.8) is 0 Å². The lowest BCUT2D eigenvalue weighted by Gasteiger charge is -2.20. The summed E-state index contributed by atoms with van der Waals surface area (Å²) in [5.41, 5.74) is 2.03. The van der Waals surface area contributed by atoms with Gasteiger partial charge in [0.15, 0.2) is 0 Å². The molecule has 3 rings (SSSR count). The van der Waals surface area contributed by atoms with Crippen LogP contribution < -0.4 is 10.2 Å². The number of nitrogens with zero attached hydrogens (tertiary/aromatic N) is 2. The highest BCUT2D eigenvalue weighted by Gasteiger charge is 2.21. The van der Waals surface area contributed by atoms with Gasteiger partial charge in [-0.2, -0.15) is 0 Å². The Bertz CT molecular complexity index is 785. The third-order valence-corrected chi connectivity index (χ3v) is 4.53. The van der Waals surface area contributed by atoms with E-state index in [1.54, 1.807) is 12.1 Å². The van der Waals surface area contributed by atoms with Gasteiger partial charge >= 0.3 is 0 Å². The van der Waals surface area contributed by atoms with E-state index in [-0.39, 0.29) is 17.3 Å². The van der Waals surface area contributed by atoms with E-state index in [2.05, 4.69) is 22.3 Å². The van der Waals surface area contributed by atoms with Gasteiger partial charge in [-0.05, 0) is 43.5 Å². The predicted octanol–water partition coefficient (Wildman–Crippen LogP) is 3.69. The number of carbonyl (C=O) groups excluding carboxylic acids is 1. The summed E-state index contributed by atoms with van der Waals surface area (Å²) in [5.74, 6) is -0.439. The molecule has 6 nitrogen and oxygen atoms in total. The normalized spacial score (nSPS) is 15.0. The molecule has 0 aliphatic carbocycles. The summed E-state index contributed by atoms with van der Waals surface area (Å²) in [6, 6.07) is 13.9. The van der Waals surface area contributed by atoms with Crippen LogP contribution in [0.3, 0.4) is 0 Å². The van der Waals surface area contributed by atoms with E-state index >= 15 is 0 Å². The fourth-order valence-electron chi connectivity index (χ4n) is 3.15. The maximum Gasteiger partial charge on any atom is 0.282 e. The number of hydrogen-bond donors (Lipinski definition) is 1. The molecule has 2 aromatic carbocycles. The van der Waals surface area contributed by atoms with E-state index in [0.29, 0.717) is 0 Å². The largest absolute Gasteiger partial charge is 0.372 e. The Balaban J connectivity index is 1.76. The highest BCUT2D eigenvalue weighted by atomic mass is 16.6. The van der Waals surface area contributed by atoms with E-state index < -0.39 is 10.8 Å². The maximum absolute atomic E-state index is 12.5. The van der Waals surface area contributed by atoms with Crippen LogP contribution in [0.4, 0.5) is 11.4 Å². The Morgan fingerprint density at radius 3 is 2.60 bits per heavy atom. The summed E-state index contributed by atoms with van der Waals surface area (Å²) in [5, 5.41) is 14.0. The molecular formula is C19H21N3O3. The SMILES string of the molecule is CC(NC(=O)c1ccccc1[N+](=O)[O-])c1cccc(N2CCCC2)c1. The van der Waals surface area contributed by atoms with Crippen molar-refractivity contribution >= 4 is 17.3 Å². The number of anilines is 1. The van der Waals surface area contributed by atoms with Gasteiger partial charge in [-0.3, -0.25) is 14.9 Å². The Morgan fingerprint density at radius 2 is 1.88 bits per heavy atom.